The number of H-pyrrole nitrogens is 1. The van der Waals surface area contributed by atoms with Crippen molar-refractivity contribution >= 4 is 11.0 Å². The van der Waals surface area contributed by atoms with Crippen LogP contribution >= 0.6 is 0 Å². The minimum absolute atomic E-state index is 0.130. The average Bonchev–Trinajstić information content (AvgIpc) is 3.01. The molecule has 1 aromatic carbocycles. The van der Waals surface area contributed by atoms with Crippen LogP contribution in [-0.4, -0.2) is 29.7 Å². The highest BCUT2D eigenvalue weighted by molar-refractivity contribution is 5.87. The van der Waals surface area contributed by atoms with Crippen LogP contribution in [0, 0.1) is 0 Å². The topological polar surface area (TPSA) is 49.9 Å². The second kappa shape index (κ2) is 7.49. The minimum Gasteiger partial charge on any atom is -0.490 e. The summed E-state index contributed by atoms with van der Waals surface area (Å²) in [4.78, 5) is 7.79. The molecule has 0 spiro atoms. The van der Waals surface area contributed by atoms with E-state index in [1.807, 2.05) is 27.0 Å². The van der Waals surface area contributed by atoms with Gasteiger partial charge in [0.2, 0.25) is 0 Å². The Labute approximate surface area is 143 Å². The Bertz CT molecular complexity index is 780. The van der Waals surface area contributed by atoms with E-state index in [1.165, 1.54) is 11.1 Å². The lowest BCUT2D eigenvalue weighted by molar-refractivity contribution is 0.245. The van der Waals surface area contributed by atoms with E-state index in [9.17, 15) is 0 Å². The lowest BCUT2D eigenvalue weighted by Crippen LogP contribution is -2.13. The van der Waals surface area contributed by atoms with Crippen LogP contribution in [0.1, 0.15) is 37.3 Å². The maximum absolute atomic E-state index is 6.04. The van der Waals surface area contributed by atoms with Gasteiger partial charge in [-0.3, -0.25) is 0 Å². The fourth-order valence-corrected chi connectivity index (χ4v) is 3.15. The smallest absolute Gasteiger partial charge is 0.141 e. The fraction of sp³-hybridized carbons (Fsp3) is 0.350. The van der Waals surface area contributed by atoms with Crippen molar-refractivity contribution < 1.29 is 4.74 Å². The van der Waals surface area contributed by atoms with Gasteiger partial charge in [-0.25, -0.2) is 4.98 Å². The highest BCUT2D eigenvalue weighted by Crippen LogP contribution is 2.37. The second-order valence-electron chi connectivity index (χ2n) is 6.30. The number of fused-ring (bicyclic) bond motifs is 1. The molecule has 0 aliphatic rings. The molecule has 0 fully saturated rings. The first-order chi connectivity index (χ1) is 11.7. The van der Waals surface area contributed by atoms with Gasteiger partial charge in [0.1, 0.15) is 11.4 Å². The molecule has 0 radical (unpaired) electrons. The SMILES string of the molecule is CNCC[C@H](c1ccccc1)c1c[nH]c2nccc(OC(C)C)c12. The van der Waals surface area contributed by atoms with Gasteiger partial charge >= 0.3 is 0 Å². The maximum Gasteiger partial charge on any atom is 0.141 e. The van der Waals surface area contributed by atoms with Gasteiger partial charge in [-0.15, -0.1) is 0 Å². The van der Waals surface area contributed by atoms with Crippen LogP contribution in [0.25, 0.3) is 11.0 Å². The lowest BCUT2D eigenvalue weighted by atomic mass is 9.88. The van der Waals surface area contributed by atoms with Gasteiger partial charge in [-0.1, -0.05) is 30.3 Å². The molecule has 0 aliphatic carbocycles. The van der Waals surface area contributed by atoms with E-state index in [1.54, 1.807) is 6.20 Å². The summed E-state index contributed by atoms with van der Waals surface area (Å²) in [6.45, 7) is 5.05. The van der Waals surface area contributed by atoms with Crippen LogP contribution in [0.4, 0.5) is 0 Å². The maximum atomic E-state index is 6.04. The molecule has 4 heteroatoms. The highest BCUT2D eigenvalue weighted by Gasteiger charge is 2.21. The Kier molecular flexibility index (Phi) is 5.16. The van der Waals surface area contributed by atoms with Crippen molar-refractivity contribution in [2.75, 3.05) is 13.6 Å². The molecule has 4 nitrogen and oxygen atoms in total. The molecule has 0 bridgehead atoms. The van der Waals surface area contributed by atoms with E-state index >= 15 is 0 Å². The molecule has 0 saturated carbocycles. The Morgan fingerprint density at radius 2 is 1.96 bits per heavy atom. The van der Waals surface area contributed by atoms with Crippen LogP contribution in [-0.2, 0) is 0 Å². The predicted molar refractivity (Wildman–Crippen MR) is 98.7 cm³/mol. The largest absolute Gasteiger partial charge is 0.490 e. The fourth-order valence-electron chi connectivity index (χ4n) is 3.15. The van der Waals surface area contributed by atoms with Gasteiger partial charge in [0.05, 0.1) is 11.5 Å². The summed E-state index contributed by atoms with van der Waals surface area (Å²) >= 11 is 0. The van der Waals surface area contributed by atoms with E-state index in [0.29, 0.717) is 5.92 Å². The standard InChI is InChI=1S/C20H25N3O/c1-14(2)24-18-10-12-22-20-19(18)17(13-23-20)16(9-11-21-3)15-7-5-4-6-8-15/h4-8,10,12-14,16,21H,9,11H2,1-3H3,(H,22,23)/t16-/m1/s1. The molecule has 3 aromatic rings. The quantitative estimate of drug-likeness (QED) is 0.688. The van der Waals surface area contributed by atoms with E-state index in [0.717, 1.165) is 29.7 Å². The zero-order valence-electron chi connectivity index (χ0n) is 14.5. The van der Waals surface area contributed by atoms with Crippen LogP contribution in [0.3, 0.4) is 0 Å². The van der Waals surface area contributed by atoms with E-state index in [4.69, 9.17) is 4.74 Å². The number of hydrogen-bond acceptors (Lipinski definition) is 3. The summed E-state index contributed by atoms with van der Waals surface area (Å²) in [5, 5.41) is 4.36. The number of nitrogens with one attached hydrogen (secondary N) is 2. The van der Waals surface area contributed by atoms with Crippen LogP contribution in [0.2, 0.25) is 0 Å². The molecular weight excluding hydrogens is 298 g/mol. The van der Waals surface area contributed by atoms with Crippen LogP contribution < -0.4 is 10.1 Å². The van der Waals surface area contributed by atoms with Crippen LogP contribution in [0.5, 0.6) is 5.75 Å². The normalized spacial score (nSPS) is 12.7. The molecule has 126 valence electrons. The van der Waals surface area contributed by atoms with Crippen molar-refractivity contribution in [3.63, 3.8) is 0 Å². The first-order valence-corrected chi connectivity index (χ1v) is 8.53. The van der Waals surface area contributed by atoms with Gasteiger partial charge in [0.25, 0.3) is 0 Å². The summed E-state index contributed by atoms with van der Waals surface area (Å²) < 4.78 is 6.04. The van der Waals surface area contributed by atoms with Gasteiger partial charge in [-0.05, 0) is 51.1 Å². The molecule has 0 amide bonds. The Hall–Kier alpha value is -2.33. The third-order valence-electron chi connectivity index (χ3n) is 4.19. The summed E-state index contributed by atoms with van der Waals surface area (Å²) in [5.74, 6) is 1.20. The zero-order valence-corrected chi connectivity index (χ0v) is 14.5. The molecule has 2 N–H and O–H groups in total. The van der Waals surface area contributed by atoms with Crippen LogP contribution in [0.15, 0.2) is 48.8 Å². The molecule has 1 atom stereocenters. The Morgan fingerprint density at radius 3 is 2.67 bits per heavy atom. The second-order valence-corrected chi connectivity index (χ2v) is 6.30. The molecular formula is C20H25N3O. The Balaban J connectivity index is 2.10. The lowest BCUT2D eigenvalue weighted by Gasteiger charge is -2.19. The molecule has 3 rings (SSSR count). The third-order valence-corrected chi connectivity index (χ3v) is 4.19. The minimum atomic E-state index is 0.130. The molecule has 2 heterocycles. The van der Waals surface area contributed by atoms with E-state index in [2.05, 4.69) is 51.8 Å². The number of hydrogen-bond donors (Lipinski definition) is 2. The summed E-state index contributed by atoms with van der Waals surface area (Å²) in [6.07, 6.45) is 5.03. The van der Waals surface area contributed by atoms with Crippen molar-refractivity contribution in [1.82, 2.24) is 15.3 Å². The number of rotatable bonds is 7. The van der Waals surface area contributed by atoms with Gasteiger partial charge in [0.15, 0.2) is 0 Å². The average molecular weight is 323 g/mol. The van der Waals surface area contributed by atoms with E-state index in [-0.39, 0.29) is 6.10 Å². The van der Waals surface area contributed by atoms with Crippen molar-refractivity contribution in [3.8, 4) is 5.75 Å². The molecule has 2 aromatic heterocycles. The number of nitrogens with zero attached hydrogens (tertiary/aromatic N) is 1. The zero-order chi connectivity index (χ0) is 16.9. The first kappa shape index (κ1) is 16.5. The monoisotopic (exact) mass is 323 g/mol. The Morgan fingerprint density at radius 1 is 1.17 bits per heavy atom. The molecule has 24 heavy (non-hydrogen) atoms. The summed E-state index contributed by atoms with van der Waals surface area (Å²) in [7, 11) is 1.99. The third kappa shape index (κ3) is 3.44. The molecule has 0 unspecified atom stereocenters. The highest BCUT2D eigenvalue weighted by atomic mass is 16.5. The number of ether oxygens (including phenoxy) is 1. The van der Waals surface area contributed by atoms with Crippen molar-refractivity contribution in [3.05, 3.63) is 59.9 Å². The number of aromatic nitrogens is 2. The van der Waals surface area contributed by atoms with Gasteiger partial charge < -0.3 is 15.0 Å². The first-order valence-electron chi connectivity index (χ1n) is 8.53. The summed E-state index contributed by atoms with van der Waals surface area (Å²) in [5.41, 5.74) is 3.44. The predicted octanol–water partition coefficient (Wildman–Crippen LogP) is 4.09. The van der Waals surface area contributed by atoms with Crippen molar-refractivity contribution in [2.24, 2.45) is 0 Å². The summed E-state index contributed by atoms with van der Waals surface area (Å²) in [6, 6.07) is 12.6. The number of pyridine rings is 1. The number of aromatic amines is 1. The number of benzene rings is 1. The van der Waals surface area contributed by atoms with Crippen molar-refractivity contribution in [1.29, 1.82) is 0 Å². The van der Waals surface area contributed by atoms with Gasteiger partial charge in [0, 0.05) is 18.3 Å². The van der Waals surface area contributed by atoms with Crippen molar-refractivity contribution in [2.45, 2.75) is 32.3 Å². The van der Waals surface area contributed by atoms with Gasteiger partial charge in [-0.2, -0.15) is 0 Å². The van der Waals surface area contributed by atoms with E-state index < -0.39 is 0 Å². The molecule has 0 aliphatic heterocycles. The molecule has 0 saturated heterocycles.